The number of benzene rings is 1. The van der Waals surface area contributed by atoms with E-state index in [0.29, 0.717) is 17.1 Å². The number of nitrogens with zero attached hydrogens (tertiary/aromatic N) is 1. The van der Waals surface area contributed by atoms with Gasteiger partial charge in [0.25, 0.3) is 0 Å². The topological polar surface area (TPSA) is 12.2 Å². The van der Waals surface area contributed by atoms with Crippen molar-refractivity contribution in [1.82, 2.24) is 4.90 Å². The van der Waals surface area contributed by atoms with Gasteiger partial charge >= 0.3 is 0 Å². The van der Waals surface area contributed by atoms with E-state index in [2.05, 4.69) is 76.0 Å². The quantitative estimate of drug-likeness (QED) is 0.559. The molecular weight excluding hydrogens is 274 g/mol. The second kappa shape index (κ2) is 6.23. The Labute approximate surface area is 131 Å². The summed E-state index contributed by atoms with van der Waals surface area (Å²) >= 11 is 0. The van der Waals surface area contributed by atoms with E-state index in [-0.39, 0.29) is 0 Å². The molecule has 1 fully saturated rings. The van der Waals surface area contributed by atoms with Gasteiger partial charge in [-0.1, -0.05) is 58.0 Å². The molecule has 2 rings (SSSR count). The number of hydrogen-bond acceptors (Lipinski definition) is 2. The van der Waals surface area contributed by atoms with Crippen molar-refractivity contribution in [1.29, 1.82) is 0 Å². The van der Waals surface area contributed by atoms with Crippen LogP contribution in [0.15, 0.2) is 30.3 Å². The van der Waals surface area contributed by atoms with E-state index >= 15 is 0 Å². The molecule has 0 amide bonds. The maximum Gasteiger partial charge on any atom is 0.192 e. The zero-order valence-electron chi connectivity index (χ0n) is 14.5. The van der Waals surface area contributed by atoms with Crippen LogP contribution in [0.5, 0.6) is 0 Å². The van der Waals surface area contributed by atoms with Crippen molar-refractivity contribution < 1.29 is 4.43 Å². The second-order valence-electron chi connectivity index (χ2n) is 7.77. The molecule has 21 heavy (non-hydrogen) atoms. The Morgan fingerprint density at radius 2 is 1.71 bits per heavy atom. The molecule has 3 atom stereocenters. The fourth-order valence-corrected chi connectivity index (χ4v) is 3.67. The van der Waals surface area contributed by atoms with Gasteiger partial charge < -0.3 is 4.43 Å². The normalized spacial score (nSPS) is 25.9. The zero-order valence-corrected chi connectivity index (χ0v) is 15.5. The van der Waals surface area contributed by atoms with Crippen molar-refractivity contribution in [3.05, 3.63) is 35.9 Å². The van der Waals surface area contributed by atoms with Crippen molar-refractivity contribution >= 4 is 8.32 Å². The SMILES string of the molecule is CC[C@@H]1[C@H](CO[Si](C)(C)C(C)(C)C)N1Cc1ccccc1. The van der Waals surface area contributed by atoms with Crippen LogP contribution in [0.2, 0.25) is 18.1 Å². The van der Waals surface area contributed by atoms with Crippen LogP contribution < -0.4 is 0 Å². The third-order valence-electron chi connectivity index (χ3n) is 5.25. The van der Waals surface area contributed by atoms with Crippen molar-refractivity contribution in [3.8, 4) is 0 Å². The smallest absolute Gasteiger partial charge is 0.192 e. The van der Waals surface area contributed by atoms with Crippen molar-refractivity contribution in [2.45, 2.75) is 70.9 Å². The van der Waals surface area contributed by atoms with E-state index in [9.17, 15) is 0 Å². The van der Waals surface area contributed by atoms with Crippen LogP contribution in [0.3, 0.4) is 0 Å². The van der Waals surface area contributed by atoms with Crippen LogP contribution in [0.1, 0.15) is 39.7 Å². The van der Waals surface area contributed by atoms with Gasteiger partial charge in [-0.2, -0.15) is 0 Å². The first-order valence-corrected chi connectivity index (χ1v) is 11.1. The predicted molar refractivity (Wildman–Crippen MR) is 93.0 cm³/mol. The van der Waals surface area contributed by atoms with E-state index < -0.39 is 8.32 Å². The fraction of sp³-hybridized carbons (Fsp3) is 0.667. The molecule has 1 saturated heterocycles. The van der Waals surface area contributed by atoms with E-state index in [1.54, 1.807) is 0 Å². The molecule has 1 aromatic carbocycles. The Kier molecular flexibility index (Phi) is 4.96. The summed E-state index contributed by atoms with van der Waals surface area (Å²) in [5, 5.41) is 0.299. The Hall–Kier alpha value is -0.643. The molecule has 1 aromatic rings. The maximum atomic E-state index is 6.42. The number of hydrogen-bond donors (Lipinski definition) is 0. The number of rotatable bonds is 6. The summed E-state index contributed by atoms with van der Waals surface area (Å²) in [5.41, 5.74) is 1.41. The van der Waals surface area contributed by atoms with Crippen molar-refractivity contribution in [2.75, 3.05) is 6.61 Å². The van der Waals surface area contributed by atoms with E-state index in [4.69, 9.17) is 4.43 Å². The van der Waals surface area contributed by atoms with Gasteiger partial charge in [0.05, 0.1) is 6.61 Å². The highest BCUT2D eigenvalue weighted by atomic mass is 28.4. The molecule has 0 bridgehead atoms. The monoisotopic (exact) mass is 305 g/mol. The van der Waals surface area contributed by atoms with Gasteiger partial charge in [-0.25, -0.2) is 0 Å². The van der Waals surface area contributed by atoms with Gasteiger partial charge in [-0.3, -0.25) is 4.90 Å². The lowest BCUT2D eigenvalue weighted by atomic mass is 10.2. The van der Waals surface area contributed by atoms with Crippen LogP contribution >= 0.6 is 0 Å². The molecule has 118 valence electrons. The average Bonchev–Trinajstić information content (AvgIpc) is 3.08. The van der Waals surface area contributed by atoms with E-state index in [1.165, 1.54) is 12.0 Å². The molecule has 0 spiro atoms. The minimum atomic E-state index is -1.62. The minimum absolute atomic E-state index is 0.299. The molecule has 0 aliphatic carbocycles. The summed E-state index contributed by atoms with van der Waals surface area (Å²) in [5.74, 6) is 0. The van der Waals surface area contributed by atoms with Gasteiger partial charge in [0.15, 0.2) is 8.32 Å². The first-order valence-electron chi connectivity index (χ1n) is 8.20. The highest BCUT2D eigenvalue weighted by Gasteiger charge is 2.47. The van der Waals surface area contributed by atoms with Crippen LogP contribution in [0.4, 0.5) is 0 Å². The molecule has 3 heteroatoms. The maximum absolute atomic E-state index is 6.42. The summed E-state index contributed by atoms with van der Waals surface area (Å²) in [6.07, 6.45) is 1.22. The fourth-order valence-electron chi connectivity index (χ4n) is 2.64. The third kappa shape index (κ3) is 3.96. The summed E-state index contributed by atoms with van der Waals surface area (Å²) < 4.78 is 6.42. The Bertz CT molecular complexity index is 452. The molecule has 1 aliphatic heterocycles. The summed E-state index contributed by atoms with van der Waals surface area (Å²) in [6, 6.07) is 12.1. The van der Waals surface area contributed by atoms with Crippen LogP contribution in [0.25, 0.3) is 0 Å². The summed E-state index contributed by atoms with van der Waals surface area (Å²) in [6.45, 7) is 15.9. The lowest BCUT2D eigenvalue weighted by Gasteiger charge is -2.36. The molecule has 1 unspecified atom stereocenters. The molecule has 1 aliphatic rings. The molecule has 0 radical (unpaired) electrons. The molecule has 1 heterocycles. The van der Waals surface area contributed by atoms with Crippen LogP contribution in [-0.4, -0.2) is 31.9 Å². The van der Waals surface area contributed by atoms with Gasteiger partial charge in [0, 0.05) is 18.6 Å². The van der Waals surface area contributed by atoms with Crippen molar-refractivity contribution in [3.63, 3.8) is 0 Å². The summed E-state index contributed by atoms with van der Waals surface area (Å²) in [4.78, 5) is 2.59. The van der Waals surface area contributed by atoms with Crippen LogP contribution in [-0.2, 0) is 11.0 Å². The Balaban J connectivity index is 1.89. The molecule has 0 saturated carbocycles. The molecule has 0 aromatic heterocycles. The molecular formula is C18H31NOSi. The van der Waals surface area contributed by atoms with Gasteiger partial charge in [-0.15, -0.1) is 0 Å². The largest absolute Gasteiger partial charge is 0.415 e. The minimum Gasteiger partial charge on any atom is -0.415 e. The summed E-state index contributed by atoms with van der Waals surface area (Å²) in [7, 11) is -1.62. The van der Waals surface area contributed by atoms with Crippen LogP contribution in [0, 0.1) is 0 Å². The third-order valence-corrected chi connectivity index (χ3v) is 9.75. The van der Waals surface area contributed by atoms with Gasteiger partial charge in [0.2, 0.25) is 0 Å². The van der Waals surface area contributed by atoms with Gasteiger partial charge in [-0.05, 0) is 30.1 Å². The van der Waals surface area contributed by atoms with Gasteiger partial charge in [0.1, 0.15) is 0 Å². The highest BCUT2D eigenvalue weighted by molar-refractivity contribution is 6.74. The predicted octanol–water partition coefficient (Wildman–Crippen LogP) is 4.67. The average molecular weight is 306 g/mol. The molecule has 2 nitrogen and oxygen atoms in total. The first kappa shape index (κ1) is 16.7. The van der Waals surface area contributed by atoms with E-state index in [1.807, 2.05) is 0 Å². The zero-order chi connectivity index (χ0) is 15.7. The van der Waals surface area contributed by atoms with E-state index in [0.717, 1.165) is 13.2 Å². The first-order chi connectivity index (χ1) is 9.76. The second-order valence-corrected chi connectivity index (χ2v) is 12.6. The Morgan fingerprint density at radius 1 is 1.10 bits per heavy atom. The molecule has 0 N–H and O–H groups in total. The highest BCUT2D eigenvalue weighted by Crippen LogP contribution is 2.39. The lowest BCUT2D eigenvalue weighted by Crippen LogP contribution is -2.42. The standard InChI is InChI=1S/C18H31NOSi/c1-7-16-17(14-20-21(5,6)18(2,3)4)19(16)13-15-11-9-8-10-12-15/h8-12,16-17H,7,13-14H2,1-6H3/t16-,17+,19?/m1/s1. The Morgan fingerprint density at radius 3 is 2.24 bits per heavy atom. The lowest BCUT2D eigenvalue weighted by molar-refractivity contribution is 0.268. The van der Waals surface area contributed by atoms with Crippen molar-refractivity contribution in [2.24, 2.45) is 0 Å².